The second-order valence-corrected chi connectivity index (χ2v) is 6.21. The van der Waals surface area contributed by atoms with Crippen molar-refractivity contribution in [2.45, 2.75) is 20.4 Å². The van der Waals surface area contributed by atoms with Crippen LogP contribution in [0.4, 0.5) is 0 Å². The highest BCUT2D eigenvalue weighted by molar-refractivity contribution is 5.94. The maximum absolute atomic E-state index is 12.3. The first-order chi connectivity index (χ1) is 13.0. The van der Waals surface area contributed by atoms with E-state index >= 15 is 0 Å². The minimum Gasteiger partial charge on any atom is -0.492 e. The molecule has 1 aromatic heterocycles. The number of nitrogens with one attached hydrogen (secondary N) is 3. The Morgan fingerprint density at radius 1 is 1.11 bits per heavy atom. The fourth-order valence-corrected chi connectivity index (χ4v) is 2.68. The Kier molecular flexibility index (Phi) is 5.71. The van der Waals surface area contributed by atoms with Crippen LogP contribution in [0.3, 0.4) is 0 Å². The lowest BCUT2D eigenvalue weighted by molar-refractivity contribution is -0.119. The minimum atomic E-state index is -0.152. The molecule has 2 aromatic carbocycles. The Hall–Kier alpha value is -3.35. The lowest BCUT2D eigenvalue weighted by Crippen LogP contribution is -2.25. The van der Waals surface area contributed by atoms with Crippen LogP contribution in [-0.2, 0) is 11.3 Å². The number of H-pyrrole nitrogens is 1. The fourth-order valence-electron chi connectivity index (χ4n) is 2.68. The molecule has 0 aliphatic heterocycles. The Morgan fingerprint density at radius 3 is 2.63 bits per heavy atom. The maximum Gasteiger partial charge on any atom is 0.251 e. The first-order valence-electron chi connectivity index (χ1n) is 8.72. The van der Waals surface area contributed by atoms with Crippen molar-refractivity contribution in [1.82, 2.24) is 20.6 Å². The zero-order valence-corrected chi connectivity index (χ0v) is 15.3. The van der Waals surface area contributed by atoms with Gasteiger partial charge in [-0.2, -0.15) is 0 Å². The Balaban J connectivity index is 1.51. The number of benzene rings is 2. The van der Waals surface area contributed by atoms with Crippen molar-refractivity contribution in [2.75, 3.05) is 13.2 Å². The summed E-state index contributed by atoms with van der Waals surface area (Å²) >= 11 is 0. The van der Waals surface area contributed by atoms with E-state index in [2.05, 4.69) is 20.6 Å². The van der Waals surface area contributed by atoms with Crippen LogP contribution in [0.2, 0.25) is 0 Å². The van der Waals surface area contributed by atoms with Crippen LogP contribution in [0.25, 0.3) is 11.0 Å². The number of fused-ring (bicyclic) bond motifs is 1. The molecule has 27 heavy (non-hydrogen) atoms. The highest BCUT2D eigenvalue weighted by Crippen LogP contribution is 2.14. The monoisotopic (exact) mass is 366 g/mol. The summed E-state index contributed by atoms with van der Waals surface area (Å²) in [7, 11) is 0. The summed E-state index contributed by atoms with van der Waals surface area (Å²) in [6.07, 6.45) is 0. The molecule has 1 heterocycles. The third-order valence-corrected chi connectivity index (χ3v) is 3.98. The lowest BCUT2D eigenvalue weighted by atomic mass is 10.1. The van der Waals surface area contributed by atoms with Crippen molar-refractivity contribution in [3.8, 4) is 5.75 Å². The zero-order chi connectivity index (χ0) is 19.2. The number of nitrogens with zero attached hydrogens (tertiary/aromatic N) is 1. The van der Waals surface area contributed by atoms with E-state index in [1.807, 2.05) is 25.1 Å². The molecule has 7 nitrogen and oxygen atoms in total. The summed E-state index contributed by atoms with van der Waals surface area (Å²) in [4.78, 5) is 30.7. The molecular formula is C20H22N4O3. The van der Waals surface area contributed by atoms with E-state index in [4.69, 9.17) is 4.74 Å². The molecule has 3 N–H and O–H groups in total. The molecule has 0 atom stereocenters. The second-order valence-electron chi connectivity index (χ2n) is 6.21. The number of imidazole rings is 1. The highest BCUT2D eigenvalue weighted by atomic mass is 16.5. The summed E-state index contributed by atoms with van der Waals surface area (Å²) < 4.78 is 5.51. The van der Waals surface area contributed by atoms with Crippen molar-refractivity contribution in [1.29, 1.82) is 0 Å². The number of carbonyl (C=O) groups excluding carboxylic acids is 2. The molecule has 0 unspecified atom stereocenters. The third-order valence-electron chi connectivity index (χ3n) is 3.98. The Morgan fingerprint density at radius 2 is 1.89 bits per heavy atom. The number of amides is 2. The quantitative estimate of drug-likeness (QED) is 0.559. The summed E-state index contributed by atoms with van der Waals surface area (Å²) in [6, 6.07) is 12.8. The summed E-state index contributed by atoms with van der Waals surface area (Å²) in [5.41, 5.74) is 3.43. The smallest absolute Gasteiger partial charge is 0.251 e. The number of hydrogen-bond donors (Lipinski definition) is 3. The van der Waals surface area contributed by atoms with E-state index in [1.165, 1.54) is 6.92 Å². The normalized spacial score (nSPS) is 10.6. The van der Waals surface area contributed by atoms with Gasteiger partial charge in [-0.25, -0.2) is 4.98 Å². The van der Waals surface area contributed by atoms with Crippen LogP contribution in [0.5, 0.6) is 5.75 Å². The first kappa shape index (κ1) is 18.4. The van der Waals surface area contributed by atoms with Crippen LogP contribution in [0.15, 0.2) is 42.5 Å². The summed E-state index contributed by atoms with van der Waals surface area (Å²) in [5.74, 6) is 1.27. The van der Waals surface area contributed by atoms with Crippen LogP contribution in [0, 0.1) is 6.92 Å². The van der Waals surface area contributed by atoms with E-state index in [-0.39, 0.29) is 11.8 Å². The average molecular weight is 366 g/mol. The van der Waals surface area contributed by atoms with Crippen LogP contribution >= 0.6 is 0 Å². The maximum atomic E-state index is 12.3. The van der Waals surface area contributed by atoms with Gasteiger partial charge in [0.25, 0.3) is 5.91 Å². The second kappa shape index (κ2) is 8.35. The predicted octanol–water partition coefficient (Wildman–Crippen LogP) is 2.32. The van der Waals surface area contributed by atoms with Gasteiger partial charge in [0.05, 0.1) is 17.6 Å². The van der Waals surface area contributed by atoms with Crippen LogP contribution in [-0.4, -0.2) is 34.9 Å². The van der Waals surface area contributed by atoms with E-state index in [9.17, 15) is 9.59 Å². The molecule has 0 aliphatic carbocycles. The highest BCUT2D eigenvalue weighted by Gasteiger charge is 2.07. The molecule has 7 heteroatoms. The molecule has 0 saturated heterocycles. The molecule has 0 bridgehead atoms. The van der Waals surface area contributed by atoms with Gasteiger partial charge in [0.2, 0.25) is 5.91 Å². The third kappa shape index (κ3) is 5.07. The van der Waals surface area contributed by atoms with Gasteiger partial charge in [-0.1, -0.05) is 6.07 Å². The van der Waals surface area contributed by atoms with Crippen molar-refractivity contribution < 1.29 is 14.3 Å². The summed E-state index contributed by atoms with van der Waals surface area (Å²) in [6.45, 7) is 4.62. The van der Waals surface area contributed by atoms with E-state index in [1.54, 1.807) is 24.3 Å². The molecule has 3 rings (SSSR count). The number of ether oxygens (including phenoxy) is 1. The molecular weight excluding hydrogens is 344 g/mol. The van der Waals surface area contributed by atoms with Gasteiger partial charge in [0.15, 0.2) is 0 Å². The number of aromatic nitrogens is 2. The standard InChI is InChI=1S/C20H22N4O3/c1-13-23-18-8-3-15(11-19(18)24-13)12-22-20(26)16-4-6-17(7-5-16)27-10-9-21-14(2)25/h3-8,11H,9-10,12H2,1-2H3,(H,21,25)(H,22,26)(H,23,24). The van der Waals surface area contributed by atoms with E-state index in [0.717, 1.165) is 22.4 Å². The van der Waals surface area contributed by atoms with Gasteiger partial charge >= 0.3 is 0 Å². The van der Waals surface area contributed by atoms with Gasteiger partial charge in [-0.3, -0.25) is 9.59 Å². The number of rotatable bonds is 7. The van der Waals surface area contributed by atoms with Gasteiger partial charge in [-0.05, 0) is 48.9 Å². The lowest BCUT2D eigenvalue weighted by Gasteiger charge is -2.08. The molecule has 3 aromatic rings. The van der Waals surface area contributed by atoms with Gasteiger partial charge in [-0.15, -0.1) is 0 Å². The Labute approximate surface area is 157 Å². The molecule has 2 amide bonds. The number of aromatic amines is 1. The average Bonchev–Trinajstić information content (AvgIpc) is 3.03. The first-order valence-corrected chi connectivity index (χ1v) is 8.72. The molecule has 0 radical (unpaired) electrons. The molecule has 0 fully saturated rings. The molecule has 0 saturated carbocycles. The number of aryl methyl sites for hydroxylation is 1. The van der Waals surface area contributed by atoms with Crippen molar-refractivity contribution in [3.63, 3.8) is 0 Å². The largest absolute Gasteiger partial charge is 0.492 e. The number of hydrogen-bond acceptors (Lipinski definition) is 4. The minimum absolute atomic E-state index is 0.0903. The molecule has 0 spiro atoms. The predicted molar refractivity (Wildman–Crippen MR) is 103 cm³/mol. The van der Waals surface area contributed by atoms with Crippen molar-refractivity contribution >= 4 is 22.8 Å². The van der Waals surface area contributed by atoms with Crippen molar-refractivity contribution in [3.05, 3.63) is 59.4 Å². The van der Waals surface area contributed by atoms with E-state index in [0.29, 0.717) is 31.0 Å². The topological polar surface area (TPSA) is 96.1 Å². The van der Waals surface area contributed by atoms with Gasteiger partial charge in [0.1, 0.15) is 18.2 Å². The van der Waals surface area contributed by atoms with Crippen LogP contribution in [0.1, 0.15) is 28.7 Å². The SMILES string of the molecule is CC(=O)NCCOc1ccc(C(=O)NCc2ccc3nc(C)[nH]c3c2)cc1. The molecule has 140 valence electrons. The Bertz CT molecular complexity index is 948. The van der Waals surface area contributed by atoms with Crippen molar-refractivity contribution in [2.24, 2.45) is 0 Å². The van der Waals surface area contributed by atoms with Crippen LogP contribution < -0.4 is 15.4 Å². The zero-order valence-electron chi connectivity index (χ0n) is 15.3. The fraction of sp³-hybridized carbons (Fsp3) is 0.250. The summed E-state index contributed by atoms with van der Waals surface area (Å²) in [5, 5.41) is 5.57. The van der Waals surface area contributed by atoms with Gasteiger partial charge in [0, 0.05) is 19.0 Å². The van der Waals surface area contributed by atoms with E-state index < -0.39 is 0 Å². The number of carbonyl (C=O) groups is 2. The van der Waals surface area contributed by atoms with Gasteiger partial charge < -0.3 is 20.4 Å². The molecule has 0 aliphatic rings.